The maximum Gasteiger partial charge on any atom is 0.356 e. The van der Waals surface area contributed by atoms with Gasteiger partial charge in [-0.25, -0.2) is 28.3 Å². The second-order valence-corrected chi connectivity index (χ2v) is 10.6. The number of thiazole rings is 1. The average Bonchev–Trinajstić information content (AvgIpc) is 3.54. The molecular formula is C28H26ClF2N5O4S. The van der Waals surface area contributed by atoms with E-state index in [1.807, 2.05) is 6.07 Å². The summed E-state index contributed by atoms with van der Waals surface area (Å²) in [7, 11) is 1.30. The largest absolute Gasteiger partial charge is 0.464 e. The molecule has 0 spiro atoms. The van der Waals surface area contributed by atoms with Gasteiger partial charge in [-0.2, -0.15) is 0 Å². The summed E-state index contributed by atoms with van der Waals surface area (Å²) in [6.45, 7) is 2.94. The van der Waals surface area contributed by atoms with Gasteiger partial charge >= 0.3 is 11.9 Å². The van der Waals surface area contributed by atoms with Gasteiger partial charge in [-0.15, -0.1) is 11.3 Å². The highest BCUT2D eigenvalue weighted by atomic mass is 35.5. The van der Waals surface area contributed by atoms with Gasteiger partial charge in [0.25, 0.3) is 0 Å². The van der Waals surface area contributed by atoms with Gasteiger partial charge in [-0.1, -0.05) is 23.7 Å². The molecule has 2 aliphatic heterocycles. The van der Waals surface area contributed by atoms with Crippen LogP contribution >= 0.6 is 22.9 Å². The fourth-order valence-electron chi connectivity index (χ4n) is 4.96. The number of hydrogen-bond donors (Lipinski definition) is 1. The van der Waals surface area contributed by atoms with Crippen LogP contribution in [-0.2, 0) is 14.3 Å². The highest BCUT2D eigenvalue weighted by Gasteiger charge is 2.38. The normalized spacial score (nSPS) is 17.6. The van der Waals surface area contributed by atoms with E-state index in [1.165, 1.54) is 24.5 Å². The van der Waals surface area contributed by atoms with Crippen LogP contribution in [0.5, 0.6) is 0 Å². The fourth-order valence-corrected chi connectivity index (χ4v) is 5.81. The number of carbonyl (C=O) groups excluding carboxylic acids is 2. The lowest BCUT2D eigenvalue weighted by atomic mass is 9.85. The molecule has 0 bridgehead atoms. The van der Waals surface area contributed by atoms with E-state index in [0.29, 0.717) is 48.3 Å². The molecule has 5 rings (SSSR count). The minimum atomic E-state index is -1.21. The van der Waals surface area contributed by atoms with Gasteiger partial charge in [0.15, 0.2) is 28.2 Å². The third-order valence-electron chi connectivity index (χ3n) is 6.92. The third kappa shape index (κ3) is 5.80. The average molecular weight is 602 g/mol. The van der Waals surface area contributed by atoms with Gasteiger partial charge in [0, 0.05) is 41.8 Å². The number of ether oxygens (including phenoxy) is 2. The number of amidine groups is 1. The molecule has 1 saturated heterocycles. The molecule has 0 amide bonds. The monoisotopic (exact) mass is 601 g/mol. The van der Waals surface area contributed by atoms with Gasteiger partial charge in [-0.3, -0.25) is 4.99 Å². The summed E-state index contributed by atoms with van der Waals surface area (Å²) in [5.74, 6) is -2.58. The first-order valence-corrected chi connectivity index (χ1v) is 14.2. The molecule has 0 aliphatic carbocycles. The number of aliphatic imine (C=N–C) groups is 1. The molecule has 1 unspecified atom stereocenters. The van der Waals surface area contributed by atoms with Crippen LogP contribution < -0.4 is 10.2 Å². The lowest BCUT2D eigenvalue weighted by Crippen LogP contribution is -2.41. The molecule has 13 heteroatoms. The highest BCUT2D eigenvalue weighted by Crippen LogP contribution is 2.41. The van der Waals surface area contributed by atoms with Crippen LogP contribution in [0.15, 0.2) is 58.2 Å². The number of halogens is 3. The Kier molecular flexibility index (Phi) is 8.60. The smallest absolute Gasteiger partial charge is 0.356 e. The van der Waals surface area contributed by atoms with Crippen LogP contribution in [0.1, 0.15) is 46.9 Å². The van der Waals surface area contributed by atoms with Crippen LogP contribution in [0.3, 0.4) is 0 Å². The molecule has 0 saturated carbocycles. The summed E-state index contributed by atoms with van der Waals surface area (Å²) >= 11 is 7.62. The molecule has 2 aliphatic rings. The Morgan fingerprint density at radius 1 is 1.17 bits per heavy atom. The molecule has 0 radical (unpaired) electrons. The number of carbonyl (C=O) groups is 2. The van der Waals surface area contributed by atoms with Crippen molar-refractivity contribution in [1.29, 1.82) is 0 Å². The highest BCUT2D eigenvalue weighted by molar-refractivity contribution is 7.11. The number of hydrogen-bond acceptors (Lipinski definition) is 10. The Balaban J connectivity index is 1.53. The number of benzene rings is 1. The van der Waals surface area contributed by atoms with Crippen molar-refractivity contribution < 1.29 is 27.8 Å². The molecule has 214 valence electrons. The zero-order valence-corrected chi connectivity index (χ0v) is 23.8. The number of allylic oxidation sites excluding steroid dienone is 1. The first-order chi connectivity index (χ1) is 19.8. The molecule has 4 heterocycles. The first-order valence-electron chi connectivity index (χ1n) is 12.9. The van der Waals surface area contributed by atoms with Crippen LogP contribution in [0.25, 0.3) is 0 Å². The number of aromatic nitrogens is 2. The fraction of sp³-hybridized carbons (Fsp3) is 0.321. The zero-order chi connectivity index (χ0) is 29.1. The summed E-state index contributed by atoms with van der Waals surface area (Å²) in [6.07, 6.45) is 2.85. The standard InChI is InChI=1S/C28H26ClF2N5O4S/c1-3-40-28(38)20-23(15-9-12-36(13-10-15)19-6-4-5-18(33-19)27(37)39-2)34-25(26-32-11-14-41-26)35-24(20)16-7-8-17(30)22(31)21(16)29/h4-8,11,14-15,24H,3,9-10,12-13H2,1-2H3,(H,34,35). The third-order valence-corrected chi connectivity index (χ3v) is 8.08. The number of piperidine rings is 1. The molecular weight excluding hydrogens is 576 g/mol. The molecule has 3 aromatic rings. The van der Waals surface area contributed by atoms with E-state index in [9.17, 15) is 18.4 Å². The van der Waals surface area contributed by atoms with Crippen LogP contribution in [-0.4, -0.2) is 54.5 Å². The lowest BCUT2D eigenvalue weighted by Gasteiger charge is -2.37. The zero-order valence-electron chi connectivity index (χ0n) is 22.2. The Labute approximate surface area is 243 Å². The second-order valence-electron chi connectivity index (χ2n) is 9.29. The minimum absolute atomic E-state index is 0.109. The number of nitrogens with one attached hydrogen (secondary N) is 1. The molecule has 41 heavy (non-hydrogen) atoms. The SMILES string of the molecule is CCOC(=O)C1=C(C2CCN(c3cccc(C(=O)OC)n3)CC2)NC(c2nccs2)=NC1c1ccc(F)c(F)c1Cl. The van der Waals surface area contributed by atoms with Crippen molar-refractivity contribution in [2.75, 3.05) is 31.7 Å². The Hall–Kier alpha value is -3.90. The van der Waals surface area contributed by atoms with E-state index < -0.39 is 34.6 Å². The van der Waals surface area contributed by atoms with Gasteiger partial charge < -0.3 is 19.7 Å². The van der Waals surface area contributed by atoms with Gasteiger partial charge in [0.2, 0.25) is 0 Å². The number of anilines is 1. The predicted octanol–water partition coefficient (Wildman–Crippen LogP) is 5.08. The van der Waals surface area contributed by atoms with Crippen molar-refractivity contribution in [1.82, 2.24) is 15.3 Å². The minimum Gasteiger partial charge on any atom is -0.464 e. The van der Waals surface area contributed by atoms with E-state index in [0.717, 1.165) is 6.07 Å². The van der Waals surface area contributed by atoms with Crippen molar-refractivity contribution in [2.45, 2.75) is 25.8 Å². The molecule has 1 fully saturated rings. The number of rotatable bonds is 7. The van der Waals surface area contributed by atoms with E-state index >= 15 is 0 Å². The van der Waals surface area contributed by atoms with E-state index in [1.54, 1.807) is 30.6 Å². The van der Waals surface area contributed by atoms with Crippen molar-refractivity contribution >= 4 is 46.5 Å². The predicted molar refractivity (Wildman–Crippen MR) is 150 cm³/mol. The van der Waals surface area contributed by atoms with Crippen molar-refractivity contribution in [3.05, 3.63) is 86.1 Å². The Bertz CT molecular complexity index is 1520. The lowest BCUT2D eigenvalue weighted by molar-refractivity contribution is -0.139. The molecule has 1 atom stereocenters. The summed E-state index contributed by atoms with van der Waals surface area (Å²) in [4.78, 5) is 41.0. The summed E-state index contributed by atoms with van der Waals surface area (Å²) < 4.78 is 38.8. The number of esters is 2. The van der Waals surface area contributed by atoms with Crippen molar-refractivity contribution in [3.8, 4) is 0 Å². The first kappa shape index (κ1) is 28.6. The number of methoxy groups -OCH3 is 1. The molecule has 2 aromatic heterocycles. The quantitative estimate of drug-likeness (QED) is 0.295. The topological polar surface area (TPSA) is 106 Å². The van der Waals surface area contributed by atoms with Crippen molar-refractivity contribution in [2.24, 2.45) is 10.9 Å². The van der Waals surface area contributed by atoms with Crippen molar-refractivity contribution in [3.63, 3.8) is 0 Å². The number of pyridine rings is 1. The maximum atomic E-state index is 14.6. The maximum absolute atomic E-state index is 14.6. The Morgan fingerprint density at radius 3 is 2.63 bits per heavy atom. The van der Waals surface area contributed by atoms with E-state index in [2.05, 4.69) is 20.2 Å². The summed E-state index contributed by atoms with van der Waals surface area (Å²) in [6, 6.07) is 6.41. The summed E-state index contributed by atoms with van der Waals surface area (Å²) in [5, 5.41) is 5.22. The number of nitrogens with zero attached hydrogens (tertiary/aromatic N) is 4. The van der Waals surface area contributed by atoms with E-state index in [4.69, 9.17) is 26.1 Å². The summed E-state index contributed by atoms with van der Waals surface area (Å²) in [5.41, 5.74) is 1.11. The van der Waals surface area contributed by atoms with Gasteiger partial charge in [0.05, 0.1) is 24.3 Å². The second kappa shape index (κ2) is 12.3. The van der Waals surface area contributed by atoms with Gasteiger partial charge in [0.1, 0.15) is 11.9 Å². The van der Waals surface area contributed by atoms with E-state index in [-0.39, 0.29) is 29.4 Å². The van der Waals surface area contributed by atoms with Crippen LogP contribution in [0.4, 0.5) is 14.6 Å². The van der Waals surface area contributed by atoms with Crippen LogP contribution in [0, 0.1) is 17.6 Å². The molecule has 1 aromatic carbocycles. The molecule has 9 nitrogen and oxygen atoms in total. The van der Waals surface area contributed by atoms with Gasteiger partial charge in [-0.05, 0) is 38.0 Å². The Morgan fingerprint density at radius 2 is 1.95 bits per heavy atom. The molecule has 1 N–H and O–H groups in total. The van der Waals surface area contributed by atoms with Crippen LogP contribution in [0.2, 0.25) is 5.02 Å².